The van der Waals surface area contributed by atoms with Crippen LogP contribution in [0.1, 0.15) is 30.0 Å². The minimum absolute atomic E-state index is 0.0543. The monoisotopic (exact) mass is 577 g/mol. The minimum atomic E-state index is -4.69. The average Bonchev–Trinajstić information content (AvgIpc) is 3.28. The molecule has 6 rings (SSSR count). The van der Waals surface area contributed by atoms with Gasteiger partial charge < -0.3 is 15.2 Å². The van der Waals surface area contributed by atoms with Gasteiger partial charge in [-0.3, -0.25) is 19.2 Å². The SMILES string of the molecule is O=C(N[C@@H]1N=C(c2ccccc2)c2ccccc2N(CC(F)(F)F)C1=O)N1CCC(n2c(=O)[nH]c3ccncc32)CC1. The number of benzene rings is 2. The van der Waals surface area contributed by atoms with E-state index in [1.807, 2.05) is 0 Å². The number of fused-ring (bicyclic) bond motifs is 2. The van der Waals surface area contributed by atoms with E-state index < -0.39 is 30.8 Å². The molecule has 4 heterocycles. The molecule has 42 heavy (non-hydrogen) atoms. The lowest BCUT2D eigenvalue weighted by Gasteiger charge is -2.33. The molecule has 4 aromatic rings. The Kier molecular flexibility index (Phi) is 7.01. The highest BCUT2D eigenvalue weighted by atomic mass is 19.4. The first-order chi connectivity index (χ1) is 20.2. The first-order valence-electron chi connectivity index (χ1n) is 13.4. The Bertz CT molecular complexity index is 1720. The molecule has 0 radical (unpaired) electrons. The number of anilines is 1. The normalized spacial score (nSPS) is 18.0. The van der Waals surface area contributed by atoms with Gasteiger partial charge in [-0.1, -0.05) is 48.5 Å². The number of rotatable bonds is 4. The van der Waals surface area contributed by atoms with Gasteiger partial charge in [-0.05, 0) is 25.0 Å². The summed E-state index contributed by atoms with van der Waals surface area (Å²) in [6.07, 6.45) is -2.17. The van der Waals surface area contributed by atoms with Crippen molar-refractivity contribution in [2.24, 2.45) is 4.99 Å². The van der Waals surface area contributed by atoms with Gasteiger partial charge in [-0.15, -0.1) is 0 Å². The maximum atomic E-state index is 13.7. The molecular weight excluding hydrogens is 551 g/mol. The number of hydrogen-bond acceptors (Lipinski definition) is 5. The number of carbonyl (C=O) groups excluding carboxylic acids is 2. The maximum Gasteiger partial charge on any atom is 0.406 e. The summed E-state index contributed by atoms with van der Waals surface area (Å²) in [7, 11) is 0. The van der Waals surface area contributed by atoms with Crippen molar-refractivity contribution in [2.75, 3.05) is 24.5 Å². The lowest BCUT2D eigenvalue weighted by Crippen LogP contribution is -2.54. The molecule has 3 amide bonds. The zero-order chi connectivity index (χ0) is 29.4. The van der Waals surface area contributed by atoms with Crippen LogP contribution in [0.15, 0.2) is 82.8 Å². The molecular formula is C29H26F3N7O3. The number of hydrogen-bond donors (Lipinski definition) is 2. The van der Waals surface area contributed by atoms with Crippen LogP contribution < -0.4 is 15.9 Å². The molecule has 0 bridgehead atoms. The van der Waals surface area contributed by atoms with Crippen LogP contribution in [-0.2, 0) is 4.79 Å². The minimum Gasteiger partial charge on any atom is -0.325 e. The van der Waals surface area contributed by atoms with E-state index in [2.05, 4.69) is 20.3 Å². The molecule has 10 nitrogen and oxygen atoms in total. The van der Waals surface area contributed by atoms with Crippen LogP contribution in [0.2, 0.25) is 0 Å². The lowest BCUT2D eigenvalue weighted by atomic mass is 10.0. The number of para-hydroxylation sites is 1. The van der Waals surface area contributed by atoms with E-state index in [0.717, 1.165) is 0 Å². The summed E-state index contributed by atoms with van der Waals surface area (Å²) in [5, 5.41) is 2.58. The highest BCUT2D eigenvalue weighted by molar-refractivity contribution is 6.20. The van der Waals surface area contributed by atoms with Crippen molar-refractivity contribution < 1.29 is 22.8 Å². The molecule has 0 unspecified atom stereocenters. The van der Waals surface area contributed by atoms with Crippen LogP contribution in [0, 0.1) is 0 Å². The topological polar surface area (TPSA) is 116 Å². The number of aromatic amines is 1. The summed E-state index contributed by atoms with van der Waals surface area (Å²) in [4.78, 5) is 53.1. The Morgan fingerprint density at radius 1 is 1.00 bits per heavy atom. The first kappa shape index (κ1) is 27.2. The van der Waals surface area contributed by atoms with Gasteiger partial charge in [0.15, 0.2) is 0 Å². The maximum absolute atomic E-state index is 13.7. The van der Waals surface area contributed by atoms with Gasteiger partial charge in [0.1, 0.15) is 6.54 Å². The summed E-state index contributed by atoms with van der Waals surface area (Å²) < 4.78 is 42.6. The number of carbonyl (C=O) groups is 2. The van der Waals surface area contributed by atoms with Gasteiger partial charge in [0.25, 0.3) is 5.91 Å². The summed E-state index contributed by atoms with van der Waals surface area (Å²) in [6, 6.07) is 15.9. The summed E-state index contributed by atoms with van der Waals surface area (Å²) in [5.41, 5.74) is 2.35. The van der Waals surface area contributed by atoms with Crippen molar-refractivity contribution in [3.8, 4) is 0 Å². The fourth-order valence-corrected chi connectivity index (χ4v) is 5.56. The van der Waals surface area contributed by atoms with Gasteiger partial charge in [0, 0.05) is 36.5 Å². The molecule has 1 fully saturated rings. The molecule has 2 N–H and O–H groups in total. The number of aromatic nitrogens is 3. The average molecular weight is 578 g/mol. The lowest BCUT2D eigenvalue weighted by molar-refractivity contribution is -0.133. The van der Waals surface area contributed by atoms with Crippen LogP contribution in [-0.4, -0.2) is 69.1 Å². The van der Waals surface area contributed by atoms with Crippen LogP contribution in [0.25, 0.3) is 11.0 Å². The molecule has 2 aromatic heterocycles. The predicted molar refractivity (Wildman–Crippen MR) is 149 cm³/mol. The number of H-pyrrole nitrogens is 1. The zero-order valence-electron chi connectivity index (χ0n) is 22.2. The highest BCUT2D eigenvalue weighted by Crippen LogP contribution is 2.31. The van der Waals surface area contributed by atoms with Crippen LogP contribution in [0.4, 0.5) is 23.7 Å². The fourth-order valence-electron chi connectivity index (χ4n) is 5.56. The van der Waals surface area contributed by atoms with E-state index in [1.54, 1.807) is 71.6 Å². The molecule has 216 valence electrons. The molecule has 2 aliphatic heterocycles. The largest absolute Gasteiger partial charge is 0.406 e. The van der Waals surface area contributed by atoms with E-state index in [1.165, 1.54) is 11.0 Å². The number of nitrogens with one attached hydrogen (secondary N) is 2. The Balaban J connectivity index is 1.26. The Hall–Kier alpha value is -4.94. The molecule has 0 aliphatic carbocycles. The van der Waals surface area contributed by atoms with Crippen LogP contribution in [0.3, 0.4) is 0 Å². The van der Waals surface area contributed by atoms with Crippen LogP contribution >= 0.6 is 0 Å². The number of benzodiazepines with no additional fused rings is 1. The molecule has 2 aliphatic rings. The highest BCUT2D eigenvalue weighted by Gasteiger charge is 2.40. The first-order valence-corrected chi connectivity index (χ1v) is 13.4. The molecule has 2 aromatic carbocycles. The molecule has 1 saturated heterocycles. The molecule has 1 atom stereocenters. The van der Waals surface area contributed by atoms with Gasteiger partial charge in [0.2, 0.25) is 6.17 Å². The zero-order valence-corrected chi connectivity index (χ0v) is 22.2. The second-order valence-electron chi connectivity index (χ2n) is 10.2. The van der Waals surface area contributed by atoms with Crippen molar-refractivity contribution in [3.05, 3.63) is 94.7 Å². The predicted octanol–water partition coefficient (Wildman–Crippen LogP) is 3.84. The number of nitrogens with zero attached hydrogens (tertiary/aromatic N) is 5. The van der Waals surface area contributed by atoms with Crippen molar-refractivity contribution in [1.29, 1.82) is 0 Å². The van der Waals surface area contributed by atoms with Crippen LogP contribution in [0.5, 0.6) is 0 Å². The third-order valence-electron chi connectivity index (χ3n) is 7.49. The van der Waals surface area contributed by atoms with Gasteiger partial charge >= 0.3 is 17.9 Å². The van der Waals surface area contributed by atoms with E-state index in [4.69, 9.17) is 0 Å². The number of likely N-dealkylation sites (tertiary alicyclic amines) is 1. The van der Waals surface area contributed by atoms with E-state index >= 15 is 0 Å². The Labute approximate surface area is 237 Å². The second-order valence-corrected chi connectivity index (χ2v) is 10.2. The number of pyridine rings is 1. The summed E-state index contributed by atoms with van der Waals surface area (Å²) in [6.45, 7) is -1.01. The Morgan fingerprint density at radius 3 is 2.45 bits per heavy atom. The number of alkyl halides is 3. The summed E-state index contributed by atoms with van der Waals surface area (Å²) >= 11 is 0. The van der Waals surface area contributed by atoms with E-state index in [0.29, 0.717) is 45.6 Å². The second kappa shape index (κ2) is 10.8. The fraction of sp³-hybridized carbons (Fsp3) is 0.276. The number of amides is 3. The van der Waals surface area contributed by atoms with Gasteiger partial charge in [0.05, 0.1) is 28.6 Å². The van der Waals surface area contributed by atoms with Crippen molar-refractivity contribution in [2.45, 2.75) is 31.2 Å². The number of aliphatic imine (C=N–C) groups is 1. The number of urea groups is 1. The quantitative estimate of drug-likeness (QED) is 0.384. The smallest absolute Gasteiger partial charge is 0.325 e. The summed E-state index contributed by atoms with van der Waals surface area (Å²) in [5.74, 6) is -0.994. The van der Waals surface area contributed by atoms with Crippen molar-refractivity contribution >= 4 is 34.4 Å². The van der Waals surface area contributed by atoms with Crippen molar-refractivity contribution in [1.82, 2.24) is 24.8 Å². The molecule has 0 saturated carbocycles. The molecule has 0 spiro atoms. The van der Waals surface area contributed by atoms with E-state index in [-0.39, 0.29) is 30.5 Å². The Morgan fingerprint density at radius 2 is 1.71 bits per heavy atom. The third-order valence-corrected chi connectivity index (χ3v) is 7.49. The third kappa shape index (κ3) is 5.24. The number of imidazole rings is 1. The van der Waals surface area contributed by atoms with E-state index in [9.17, 15) is 27.6 Å². The van der Waals surface area contributed by atoms with Gasteiger partial charge in [-0.2, -0.15) is 13.2 Å². The van der Waals surface area contributed by atoms with Gasteiger partial charge in [-0.25, -0.2) is 14.6 Å². The molecule has 13 heteroatoms. The number of piperidine rings is 1. The van der Waals surface area contributed by atoms with Crippen molar-refractivity contribution in [3.63, 3.8) is 0 Å². The standard InChI is InChI=1S/C29H26F3N7O3/c30-29(31,32)17-38-22-9-5-4-8-20(22)24(18-6-2-1-3-7-18)35-25(26(38)40)36-27(41)37-14-11-19(12-15-37)39-23-16-33-13-10-21(23)34-28(39)42/h1-10,13,16,19,25H,11-12,14-15,17H2,(H,34,42)(H,36,41)/t25-/m0/s1. The number of halogens is 3.